The average molecular weight is 248 g/mol. The minimum absolute atomic E-state index is 0.517. The molecule has 0 fully saturated rings. The van der Waals surface area contributed by atoms with Gasteiger partial charge in [-0.05, 0) is 42.7 Å². The predicted octanol–water partition coefficient (Wildman–Crippen LogP) is 3.51. The van der Waals surface area contributed by atoms with E-state index in [4.69, 9.17) is 5.26 Å². The molecule has 0 bridgehead atoms. The summed E-state index contributed by atoms with van der Waals surface area (Å²) in [5.74, 6) is 0. The summed E-state index contributed by atoms with van der Waals surface area (Å²) >= 11 is 0. The van der Waals surface area contributed by atoms with Gasteiger partial charge in [-0.2, -0.15) is 5.26 Å². The van der Waals surface area contributed by atoms with Crippen molar-refractivity contribution in [3.05, 3.63) is 65.2 Å². The fourth-order valence-corrected chi connectivity index (χ4v) is 2.81. The molecule has 0 aromatic heterocycles. The zero-order valence-corrected chi connectivity index (χ0v) is 11.0. The van der Waals surface area contributed by atoms with Gasteiger partial charge in [0.1, 0.15) is 0 Å². The van der Waals surface area contributed by atoms with Crippen LogP contribution in [0.2, 0.25) is 0 Å². The number of para-hydroxylation sites is 1. The smallest absolute Gasteiger partial charge is 0.0991 e. The van der Waals surface area contributed by atoms with E-state index < -0.39 is 0 Å². The zero-order chi connectivity index (χ0) is 13.2. The average Bonchev–Trinajstić information content (AvgIpc) is 2.76. The Balaban J connectivity index is 1.89. The molecule has 3 rings (SSSR count). The lowest BCUT2D eigenvalue weighted by molar-refractivity contribution is 0.672. The molecular formula is C17H16N2. The fraction of sp³-hybridized carbons (Fsp3) is 0.235. The Morgan fingerprint density at radius 1 is 1.21 bits per heavy atom. The van der Waals surface area contributed by atoms with Gasteiger partial charge in [-0.15, -0.1) is 0 Å². The van der Waals surface area contributed by atoms with Crippen LogP contribution in [0.25, 0.3) is 0 Å². The number of rotatable bonds is 2. The maximum Gasteiger partial charge on any atom is 0.0991 e. The molecule has 1 heterocycles. The number of nitrogens with zero attached hydrogens (tertiary/aromatic N) is 2. The van der Waals surface area contributed by atoms with Crippen molar-refractivity contribution in [2.45, 2.75) is 25.9 Å². The molecule has 19 heavy (non-hydrogen) atoms. The van der Waals surface area contributed by atoms with Crippen molar-refractivity contribution < 1.29 is 0 Å². The summed E-state index contributed by atoms with van der Waals surface area (Å²) in [6, 6.07) is 19.2. The van der Waals surface area contributed by atoms with Crippen LogP contribution in [0.1, 0.15) is 23.6 Å². The lowest BCUT2D eigenvalue weighted by atomic mass is 10.1. The van der Waals surface area contributed by atoms with Crippen LogP contribution in [-0.4, -0.2) is 6.04 Å². The topological polar surface area (TPSA) is 27.0 Å². The second-order valence-electron chi connectivity index (χ2n) is 5.12. The highest BCUT2D eigenvalue weighted by Crippen LogP contribution is 2.32. The largest absolute Gasteiger partial charge is 0.364 e. The normalized spacial score (nSPS) is 17.1. The van der Waals surface area contributed by atoms with Crippen molar-refractivity contribution in [2.75, 3.05) is 4.90 Å². The number of hydrogen-bond acceptors (Lipinski definition) is 2. The zero-order valence-electron chi connectivity index (χ0n) is 11.0. The predicted molar refractivity (Wildman–Crippen MR) is 76.9 cm³/mol. The highest BCUT2D eigenvalue weighted by molar-refractivity contribution is 5.59. The van der Waals surface area contributed by atoms with Crippen molar-refractivity contribution in [1.82, 2.24) is 0 Å². The Morgan fingerprint density at radius 3 is 2.89 bits per heavy atom. The van der Waals surface area contributed by atoms with E-state index in [0.717, 1.165) is 18.5 Å². The Hall–Kier alpha value is -2.27. The first-order valence-electron chi connectivity index (χ1n) is 6.61. The third kappa shape index (κ3) is 2.20. The van der Waals surface area contributed by atoms with Crippen LogP contribution < -0.4 is 4.90 Å². The molecule has 0 radical (unpaired) electrons. The minimum Gasteiger partial charge on any atom is -0.364 e. The lowest BCUT2D eigenvalue weighted by Gasteiger charge is -2.25. The summed E-state index contributed by atoms with van der Waals surface area (Å²) in [7, 11) is 0. The SMILES string of the molecule is CC1Cc2ccccc2N1Cc1cccc(C#N)c1. The van der Waals surface area contributed by atoms with Crippen LogP contribution in [0.4, 0.5) is 5.69 Å². The molecule has 1 aliphatic rings. The summed E-state index contributed by atoms with van der Waals surface area (Å²) in [5, 5.41) is 8.97. The molecule has 1 aliphatic heterocycles. The summed E-state index contributed by atoms with van der Waals surface area (Å²) in [4.78, 5) is 2.42. The van der Waals surface area contributed by atoms with E-state index >= 15 is 0 Å². The van der Waals surface area contributed by atoms with Gasteiger partial charge in [0.15, 0.2) is 0 Å². The molecule has 2 nitrogen and oxygen atoms in total. The van der Waals surface area contributed by atoms with Crippen LogP contribution in [-0.2, 0) is 13.0 Å². The molecule has 2 aromatic carbocycles. The van der Waals surface area contributed by atoms with E-state index in [1.54, 1.807) is 0 Å². The number of benzene rings is 2. The number of anilines is 1. The Kier molecular flexibility index (Phi) is 2.97. The summed E-state index contributed by atoms with van der Waals surface area (Å²) in [6.45, 7) is 3.13. The number of nitriles is 1. The van der Waals surface area contributed by atoms with Gasteiger partial charge in [0, 0.05) is 18.3 Å². The molecule has 0 amide bonds. The quantitative estimate of drug-likeness (QED) is 0.813. The summed E-state index contributed by atoms with van der Waals surface area (Å²) < 4.78 is 0. The maximum absolute atomic E-state index is 8.97. The third-order valence-electron chi connectivity index (χ3n) is 3.76. The molecule has 1 unspecified atom stereocenters. The van der Waals surface area contributed by atoms with E-state index in [1.165, 1.54) is 16.8 Å². The van der Waals surface area contributed by atoms with Gasteiger partial charge >= 0.3 is 0 Å². The van der Waals surface area contributed by atoms with Crippen LogP contribution in [0.3, 0.4) is 0 Å². The van der Waals surface area contributed by atoms with Gasteiger partial charge < -0.3 is 4.90 Å². The Morgan fingerprint density at radius 2 is 2.05 bits per heavy atom. The van der Waals surface area contributed by atoms with Gasteiger partial charge in [0.25, 0.3) is 0 Å². The molecule has 1 atom stereocenters. The van der Waals surface area contributed by atoms with Crippen molar-refractivity contribution in [3.63, 3.8) is 0 Å². The maximum atomic E-state index is 8.97. The first-order valence-corrected chi connectivity index (χ1v) is 6.61. The van der Waals surface area contributed by atoms with Crippen LogP contribution in [0.15, 0.2) is 48.5 Å². The van der Waals surface area contributed by atoms with E-state index in [2.05, 4.69) is 48.2 Å². The van der Waals surface area contributed by atoms with Crippen molar-refractivity contribution in [3.8, 4) is 6.07 Å². The van der Waals surface area contributed by atoms with Crippen LogP contribution in [0.5, 0.6) is 0 Å². The van der Waals surface area contributed by atoms with E-state index in [0.29, 0.717) is 6.04 Å². The van der Waals surface area contributed by atoms with Crippen LogP contribution in [0, 0.1) is 11.3 Å². The Bertz CT molecular complexity index is 640. The second-order valence-corrected chi connectivity index (χ2v) is 5.12. The first-order chi connectivity index (χ1) is 9.28. The third-order valence-corrected chi connectivity index (χ3v) is 3.76. The van der Waals surface area contributed by atoms with Gasteiger partial charge in [-0.1, -0.05) is 30.3 Å². The molecule has 0 saturated carbocycles. The summed E-state index contributed by atoms with van der Waals surface area (Å²) in [6.07, 6.45) is 1.11. The van der Waals surface area contributed by atoms with Gasteiger partial charge in [-0.25, -0.2) is 0 Å². The summed E-state index contributed by atoms with van der Waals surface area (Å²) in [5.41, 5.74) is 4.68. The second kappa shape index (κ2) is 4.78. The minimum atomic E-state index is 0.517. The van der Waals surface area contributed by atoms with Gasteiger partial charge in [-0.3, -0.25) is 0 Å². The molecule has 2 heteroatoms. The molecule has 0 saturated heterocycles. The van der Waals surface area contributed by atoms with Crippen molar-refractivity contribution in [2.24, 2.45) is 0 Å². The van der Waals surface area contributed by atoms with Gasteiger partial charge in [0.2, 0.25) is 0 Å². The highest BCUT2D eigenvalue weighted by Gasteiger charge is 2.25. The molecule has 2 aromatic rings. The van der Waals surface area contributed by atoms with Crippen molar-refractivity contribution in [1.29, 1.82) is 5.26 Å². The molecular weight excluding hydrogens is 232 g/mol. The van der Waals surface area contributed by atoms with Crippen molar-refractivity contribution >= 4 is 5.69 Å². The standard InChI is InChI=1S/C17H16N2/c1-13-9-16-7-2-3-8-17(16)19(13)12-15-6-4-5-14(10-15)11-18/h2-8,10,13H,9,12H2,1H3. The Labute approximate surface area is 113 Å². The van der Waals surface area contributed by atoms with E-state index in [9.17, 15) is 0 Å². The molecule has 0 aliphatic carbocycles. The van der Waals surface area contributed by atoms with E-state index in [1.807, 2.05) is 18.2 Å². The molecule has 0 spiro atoms. The number of hydrogen-bond donors (Lipinski definition) is 0. The lowest BCUT2D eigenvalue weighted by Crippen LogP contribution is -2.28. The fourth-order valence-electron chi connectivity index (χ4n) is 2.81. The molecule has 0 N–H and O–H groups in total. The van der Waals surface area contributed by atoms with Crippen LogP contribution >= 0.6 is 0 Å². The van der Waals surface area contributed by atoms with Gasteiger partial charge in [0.05, 0.1) is 11.6 Å². The molecule has 94 valence electrons. The first kappa shape index (κ1) is 11.8. The van der Waals surface area contributed by atoms with E-state index in [-0.39, 0.29) is 0 Å². The highest BCUT2D eigenvalue weighted by atomic mass is 15.2. The monoisotopic (exact) mass is 248 g/mol. The number of fused-ring (bicyclic) bond motifs is 1.